The predicted molar refractivity (Wildman–Crippen MR) is 150 cm³/mol. The van der Waals surface area contributed by atoms with Gasteiger partial charge >= 0.3 is 0 Å². The molecule has 0 aromatic heterocycles. The molecule has 0 amide bonds. The van der Waals surface area contributed by atoms with Crippen LogP contribution in [0.25, 0.3) is 0 Å². The van der Waals surface area contributed by atoms with Crippen LogP contribution in [0.5, 0.6) is 0 Å². The number of methoxy groups -OCH3 is 1. The summed E-state index contributed by atoms with van der Waals surface area (Å²) >= 11 is 0. The van der Waals surface area contributed by atoms with Crippen molar-refractivity contribution in [2.45, 2.75) is 130 Å². The van der Waals surface area contributed by atoms with E-state index in [4.69, 9.17) is 9.47 Å². The summed E-state index contributed by atoms with van der Waals surface area (Å²) in [6.45, 7) is 16.7. The van der Waals surface area contributed by atoms with Crippen molar-refractivity contribution in [2.24, 2.45) is 63.6 Å². The Kier molecular flexibility index (Phi) is 7.91. The molecule has 0 spiro atoms. The summed E-state index contributed by atoms with van der Waals surface area (Å²) in [7, 11) is 1.77. The first-order valence-electron chi connectivity index (χ1n) is 16.0. The van der Waals surface area contributed by atoms with Gasteiger partial charge in [0.1, 0.15) is 0 Å². The molecule has 0 radical (unpaired) electrons. The zero-order chi connectivity index (χ0) is 27.8. The van der Waals surface area contributed by atoms with E-state index in [0.717, 1.165) is 45.1 Å². The van der Waals surface area contributed by atoms with Gasteiger partial charge in [0.15, 0.2) is 0 Å². The number of hydrogen-bond acceptors (Lipinski definition) is 5. The Morgan fingerprint density at radius 2 is 1.66 bits per heavy atom. The molecule has 0 bridgehead atoms. The van der Waals surface area contributed by atoms with E-state index >= 15 is 0 Å². The summed E-state index contributed by atoms with van der Waals surface area (Å²) in [5.74, 6) is 2.35. The monoisotopic (exact) mass is 534 g/mol. The minimum atomic E-state index is -0.562. The summed E-state index contributed by atoms with van der Waals surface area (Å²) in [5, 5.41) is 35.0. The highest BCUT2D eigenvalue weighted by molar-refractivity contribution is 5.18. The van der Waals surface area contributed by atoms with Crippen molar-refractivity contribution in [3.05, 3.63) is 0 Å². The maximum absolute atomic E-state index is 12.3. The van der Waals surface area contributed by atoms with Crippen molar-refractivity contribution in [2.75, 3.05) is 13.7 Å². The van der Waals surface area contributed by atoms with Crippen LogP contribution in [0.15, 0.2) is 0 Å². The first-order valence-corrected chi connectivity index (χ1v) is 16.0. The maximum atomic E-state index is 12.3. The van der Waals surface area contributed by atoms with Crippen molar-refractivity contribution in [3.8, 4) is 0 Å². The molecular weight excluding hydrogens is 476 g/mol. The third-order valence-electron chi connectivity index (χ3n) is 13.7. The fourth-order valence-corrected chi connectivity index (χ4v) is 12.1. The Bertz CT molecular complexity index is 847. The molecule has 38 heavy (non-hydrogen) atoms. The lowest BCUT2D eigenvalue weighted by atomic mass is 9.34. The lowest BCUT2D eigenvalue weighted by Gasteiger charge is -2.72. The molecule has 4 saturated carbocycles. The summed E-state index contributed by atoms with van der Waals surface area (Å²) in [4.78, 5) is 0. The second-order valence-corrected chi connectivity index (χ2v) is 15.7. The first-order chi connectivity index (χ1) is 17.8. The van der Waals surface area contributed by atoms with E-state index in [9.17, 15) is 15.3 Å². The van der Waals surface area contributed by atoms with Gasteiger partial charge in [0, 0.05) is 25.0 Å². The molecule has 5 aliphatic rings. The van der Waals surface area contributed by atoms with Crippen LogP contribution in [-0.2, 0) is 9.47 Å². The second kappa shape index (κ2) is 10.3. The molecule has 5 heteroatoms. The maximum Gasteiger partial charge on any atom is 0.0656 e. The van der Waals surface area contributed by atoms with Gasteiger partial charge in [0.05, 0.1) is 30.5 Å². The van der Waals surface area contributed by atoms with Crippen molar-refractivity contribution >= 4 is 0 Å². The predicted octanol–water partition coefficient (Wildman–Crippen LogP) is 5.69. The standard InChI is InChI=1S/C33H58O5/c1-18-9-11-23(25-12-10-22(38-25)13-14-37-8)24-16-31(5)17-32(6)15-19(2)26(21(4)34)30(36)33(32,7)20(3)28(31)29(35)27(18)24/h18-30,34-36H,9-17H2,1-8H3. The highest BCUT2D eigenvalue weighted by Gasteiger charge is 2.70. The molecule has 1 aliphatic heterocycles. The molecule has 5 nitrogen and oxygen atoms in total. The van der Waals surface area contributed by atoms with E-state index in [-0.39, 0.29) is 46.0 Å². The van der Waals surface area contributed by atoms with Crippen LogP contribution in [0.1, 0.15) is 99.8 Å². The van der Waals surface area contributed by atoms with Crippen LogP contribution in [0.4, 0.5) is 0 Å². The summed E-state index contributed by atoms with van der Waals surface area (Å²) < 4.78 is 12.0. The fourth-order valence-electron chi connectivity index (χ4n) is 12.1. The van der Waals surface area contributed by atoms with E-state index in [1.165, 1.54) is 12.8 Å². The number of fused-ring (bicyclic) bond motifs is 3. The smallest absolute Gasteiger partial charge is 0.0656 e. The highest BCUT2D eigenvalue weighted by atomic mass is 16.5. The zero-order valence-electron chi connectivity index (χ0n) is 25.5. The van der Waals surface area contributed by atoms with Gasteiger partial charge in [-0.25, -0.2) is 0 Å². The minimum absolute atomic E-state index is 0.0284. The Morgan fingerprint density at radius 3 is 2.32 bits per heavy atom. The molecule has 5 fully saturated rings. The number of rotatable bonds is 5. The van der Waals surface area contributed by atoms with E-state index in [0.29, 0.717) is 35.9 Å². The van der Waals surface area contributed by atoms with Crippen LogP contribution in [-0.4, -0.2) is 59.6 Å². The molecule has 0 aromatic carbocycles. The van der Waals surface area contributed by atoms with Crippen molar-refractivity contribution in [3.63, 3.8) is 0 Å². The zero-order valence-corrected chi connectivity index (χ0v) is 25.5. The fraction of sp³-hybridized carbons (Fsp3) is 1.00. The minimum Gasteiger partial charge on any atom is -0.393 e. The average Bonchev–Trinajstić information content (AvgIpc) is 3.28. The van der Waals surface area contributed by atoms with E-state index in [1.807, 2.05) is 6.92 Å². The molecule has 220 valence electrons. The Balaban J connectivity index is 1.46. The SMILES string of the molecule is COCCC1CCC(C2CCC(C)C3C(O)C4C(C)C5(C)C(O)C(C(C)O)C(C)CC5(C)CC4(C)CC23)O1. The van der Waals surface area contributed by atoms with Crippen LogP contribution in [0.3, 0.4) is 0 Å². The van der Waals surface area contributed by atoms with E-state index in [2.05, 4.69) is 41.5 Å². The average molecular weight is 535 g/mol. The van der Waals surface area contributed by atoms with Gasteiger partial charge in [-0.05, 0) is 111 Å². The Morgan fingerprint density at radius 1 is 0.947 bits per heavy atom. The normalized spacial score (nSPS) is 57.6. The molecule has 16 unspecified atom stereocenters. The Labute approximate surface area is 232 Å². The second-order valence-electron chi connectivity index (χ2n) is 15.7. The quantitative estimate of drug-likeness (QED) is 0.423. The summed E-state index contributed by atoms with van der Waals surface area (Å²) in [5.41, 5.74) is -0.326. The largest absolute Gasteiger partial charge is 0.393 e. The van der Waals surface area contributed by atoms with E-state index in [1.54, 1.807) is 7.11 Å². The first kappa shape index (κ1) is 29.3. The lowest BCUT2D eigenvalue weighted by molar-refractivity contribution is -0.280. The third-order valence-corrected chi connectivity index (χ3v) is 13.7. The van der Waals surface area contributed by atoms with Gasteiger partial charge in [0.25, 0.3) is 0 Å². The van der Waals surface area contributed by atoms with Gasteiger partial charge in [-0.2, -0.15) is 0 Å². The van der Waals surface area contributed by atoms with Crippen LogP contribution in [0.2, 0.25) is 0 Å². The van der Waals surface area contributed by atoms with E-state index < -0.39 is 12.2 Å². The van der Waals surface area contributed by atoms with Gasteiger partial charge in [0.2, 0.25) is 0 Å². The van der Waals surface area contributed by atoms with Gasteiger partial charge < -0.3 is 24.8 Å². The number of aliphatic hydroxyl groups is 3. The summed E-state index contributed by atoms with van der Waals surface area (Å²) in [6, 6.07) is 0. The molecule has 16 atom stereocenters. The van der Waals surface area contributed by atoms with Gasteiger partial charge in [-0.1, -0.05) is 41.5 Å². The van der Waals surface area contributed by atoms with Gasteiger partial charge in [-0.3, -0.25) is 0 Å². The van der Waals surface area contributed by atoms with Crippen molar-refractivity contribution < 1.29 is 24.8 Å². The molecule has 1 saturated heterocycles. The molecule has 0 aromatic rings. The molecule has 5 rings (SSSR count). The highest BCUT2D eigenvalue weighted by Crippen LogP contribution is 2.73. The topological polar surface area (TPSA) is 79.2 Å². The van der Waals surface area contributed by atoms with Crippen LogP contribution in [0, 0.1) is 63.6 Å². The molecule has 3 N–H and O–H groups in total. The molecular formula is C33H58O5. The van der Waals surface area contributed by atoms with Crippen LogP contribution < -0.4 is 0 Å². The molecule has 4 aliphatic carbocycles. The number of ether oxygens (including phenoxy) is 2. The van der Waals surface area contributed by atoms with Gasteiger partial charge in [-0.15, -0.1) is 0 Å². The lowest BCUT2D eigenvalue weighted by Crippen LogP contribution is -2.70. The molecule has 1 heterocycles. The summed E-state index contributed by atoms with van der Waals surface area (Å²) in [6.07, 6.45) is 8.07. The third kappa shape index (κ3) is 4.27. The number of hydrogen-bond donors (Lipinski definition) is 3. The van der Waals surface area contributed by atoms with Crippen molar-refractivity contribution in [1.29, 1.82) is 0 Å². The number of aliphatic hydroxyl groups excluding tert-OH is 3. The van der Waals surface area contributed by atoms with Crippen LogP contribution >= 0.6 is 0 Å². The van der Waals surface area contributed by atoms with Crippen molar-refractivity contribution in [1.82, 2.24) is 0 Å². The Hall–Kier alpha value is -0.200.